The smallest absolute Gasteiger partial charge is 0.191 e. The fraction of sp³-hybridized carbons (Fsp3) is 0.696. The molecule has 2 unspecified atom stereocenters. The molecule has 0 aliphatic carbocycles. The second-order valence-electron chi connectivity index (χ2n) is 8.72. The van der Waals surface area contributed by atoms with E-state index in [1.54, 1.807) is 0 Å². The number of nitrogens with one attached hydrogen (secondary N) is 2. The van der Waals surface area contributed by atoms with Crippen LogP contribution in [0.1, 0.15) is 45.1 Å². The van der Waals surface area contributed by atoms with Crippen LogP contribution in [0.3, 0.4) is 0 Å². The van der Waals surface area contributed by atoms with E-state index in [0.29, 0.717) is 12.1 Å². The normalized spacial score (nSPS) is 23.3. The van der Waals surface area contributed by atoms with Crippen LogP contribution < -0.4 is 10.6 Å². The highest BCUT2D eigenvalue weighted by molar-refractivity contribution is 14.0. The van der Waals surface area contributed by atoms with Gasteiger partial charge in [0, 0.05) is 51.9 Å². The van der Waals surface area contributed by atoms with E-state index >= 15 is 0 Å². The molecule has 2 saturated heterocycles. The molecule has 1 aromatic rings. The first-order chi connectivity index (χ1) is 13.6. The highest BCUT2D eigenvalue weighted by Crippen LogP contribution is 2.17. The van der Waals surface area contributed by atoms with Crippen molar-refractivity contribution in [1.29, 1.82) is 0 Å². The molecule has 2 aliphatic rings. The largest absolute Gasteiger partial charge is 0.355 e. The molecule has 1 aromatic carbocycles. The van der Waals surface area contributed by atoms with Gasteiger partial charge in [-0.2, -0.15) is 0 Å². The summed E-state index contributed by atoms with van der Waals surface area (Å²) >= 11 is 0. The van der Waals surface area contributed by atoms with Gasteiger partial charge in [0.2, 0.25) is 0 Å². The molecule has 5 nitrogen and oxygen atoms in total. The maximum atomic E-state index is 4.46. The third kappa shape index (κ3) is 8.06. The molecule has 0 amide bonds. The van der Waals surface area contributed by atoms with Crippen LogP contribution in [0, 0.1) is 5.92 Å². The molecule has 29 heavy (non-hydrogen) atoms. The third-order valence-electron chi connectivity index (χ3n) is 6.28. The molecule has 6 heteroatoms. The van der Waals surface area contributed by atoms with E-state index in [-0.39, 0.29) is 24.0 Å². The van der Waals surface area contributed by atoms with Gasteiger partial charge < -0.3 is 10.6 Å². The fourth-order valence-corrected chi connectivity index (χ4v) is 4.46. The number of nitrogens with zero attached hydrogens (tertiary/aromatic N) is 3. The van der Waals surface area contributed by atoms with Crippen molar-refractivity contribution in [1.82, 2.24) is 20.4 Å². The van der Waals surface area contributed by atoms with Gasteiger partial charge in [-0.05, 0) is 50.6 Å². The lowest BCUT2D eigenvalue weighted by Crippen LogP contribution is -2.52. The Morgan fingerprint density at radius 3 is 2.52 bits per heavy atom. The molecule has 3 rings (SSSR count). The fourth-order valence-electron chi connectivity index (χ4n) is 4.46. The molecule has 2 heterocycles. The number of hydrogen-bond donors (Lipinski definition) is 2. The molecule has 2 fully saturated rings. The Morgan fingerprint density at radius 2 is 1.86 bits per heavy atom. The number of hydrogen-bond acceptors (Lipinski definition) is 3. The lowest BCUT2D eigenvalue weighted by Gasteiger charge is -2.36. The topological polar surface area (TPSA) is 42.9 Å². The summed E-state index contributed by atoms with van der Waals surface area (Å²) in [4.78, 5) is 9.64. The van der Waals surface area contributed by atoms with Crippen molar-refractivity contribution in [3.8, 4) is 0 Å². The molecule has 0 spiro atoms. The van der Waals surface area contributed by atoms with Crippen LogP contribution in [0.15, 0.2) is 35.3 Å². The average Bonchev–Trinajstić information content (AvgIpc) is 2.73. The quantitative estimate of drug-likeness (QED) is 0.347. The average molecular weight is 514 g/mol. The van der Waals surface area contributed by atoms with Crippen LogP contribution >= 0.6 is 24.0 Å². The number of benzene rings is 1. The van der Waals surface area contributed by atoms with E-state index in [2.05, 4.69) is 69.6 Å². The maximum absolute atomic E-state index is 4.46. The van der Waals surface area contributed by atoms with Gasteiger partial charge in [0.05, 0.1) is 0 Å². The highest BCUT2D eigenvalue weighted by Gasteiger charge is 2.22. The van der Waals surface area contributed by atoms with E-state index in [9.17, 15) is 0 Å². The number of aliphatic imine (C=N–C) groups is 1. The van der Waals surface area contributed by atoms with Gasteiger partial charge in [0.15, 0.2) is 5.96 Å². The van der Waals surface area contributed by atoms with E-state index in [1.165, 1.54) is 44.3 Å². The summed E-state index contributed by atoms with van der Waals surface area (Å²) in [5.74, 6) is 1.79. The number of piperidine rings is 2. The first-order valence-corrected chi connectivity index (χ1v) is 11.1. The van der Waals surface area contributed by atoms with E-state index < -0.39 is 0 Å². The molecular formula is C23H40IN5. The molecule has 2 atom stereocenters. The van der Waals surface area contributed by atoms with E-state index in [1.807, 2.05) is 7.05 Å². The second kappa shape index (κ2) is 12.7. The van der Waals surface area contributed by atoms with Crippen LogP contribution in [0.5, 0.6) is 0 Å². The number of guanidine groups is 1. The number of likely N-dealkylation sites (tertiary alicyclic amines) is 2. The standard InChI is InChI=1S/C23H39N5.HI/c1-19-8-7-13-28(17-19)20(2)16-25-23(24-3)26-22-11-14-27(15-12-22)18-21-9-5-4-6-10-21;/h4-6,9-10,19-20,22H,7-8,11-18H2,1-3H3,(H2,24,25,26);1H. The zero-order valence-electron chi connectivity index (χ0n) is 18.4. The Balaban J connectivity index is 0.00000300. The zero-order chi connectivity index (χ0) is 19.8. The second-order valence-corrected chi connectivity index (χ2v) is 8.72. The molecule has 164 valence electrons. The maximum Gasteiger partial charge on any atom is 0.191 e. The number of halogens is 1. The summed E-state index contributed by atoms with van der Waals surface area (Å²) < 4.78 is 0. The van der Waals surface area contributed by atoms with Crippen molar-refractivity contribution in [3.63, 3.8) is 0 Å². The van der Waals surface area contributed by atoms with Crippen molar-refractivity contribution >= 4 is 29.9 Å². The van der Waals surface area contributed by atoms with Crippen molar-refractivity contribution < 1.29 is 0 Å². The van der Waals surface area contributed by atoms with Crippen LogP contribution in [0.4, 0.5) is 0 Å². The first kappa shape index (κ1) is 24.4. The minimum absolute atomic E-state index is 0. The van der Waals surface area contributed by atoms with Crippen molar-refractivity contribution in [2.24, 2.45) is 10.9 Å². The van der Waals surface area contributed by atoms with E-state index in [0.717, 1.165) is 38.1 Å². The lowest BCUT2D eigenvalue weighted by atomic mass is 9.99. The van der Waals surface area contributed by atoms with Gasteiger partial charge in [0.25, 0.3) is 0 Å². The van der Waals surface area contributed by atoms with Crippen LogP contribution in [-0.4, -0.2) is 67.6 Å². The van der Waals surface area contributed by atoms with Crippen LogP contribution in [0.25, 0.3) is 0 Å². The predicted molar refractivity (Wildman–Crippen MR) is 134 cm³/mol. The molecule has 0 radical (unpaired) electrons. The molecule has 2 N–H and O–H groups in total. The third-order valence-corrected chi connectivity index (χ3v) is 6.28. The van der Waals surface area contributed by atoms with Crippen molar-refractivity contribution in [2.45, 2.75) is 58.2 Å². The number of rotatable bonds is 6. The van der Waals surface area contributed by atoms with Gasteiger partial charge in [-0.15, -0.1) is 24.0 Å². The summed E-state index contributed by atoms with van der Waals surface area (Å²) in [5, 5.41) is 7.21. The summed E-state index contributed by atoms with van der Waals surface area (Å²) in [5.41, 5.74) is 1.41. The van der Waals surface area contributed by atoms with E-state index in [4.69, 9.17) is 0 Å². The van der Waals surface area contributed by atoms with Gasteiger partial charge in [-0.3, -0.25) is 14.8 Å². The molecule has 0 saturated carbocycles. The van der Waals surface area contributed by atoms with Crippen LogP contribution in [-0.2, 0) is 6.54 Å². The Labute approximate surface area is 194 Å². The van der Waals surface area contributed by atoms with Gasteiger partial charge in [-0.25, -0.2) is 0 Å². The van der Waals surface area contributed by atoms with Gasteiger partial charge in [-0.1, -0.05) is 37.3 Å². The SMILES string of the molecule is CN=C(NCC(C)N1CCCC(C)C1)NC1CCN(Cc2ccccc2)CC1.I. The summed E-state index contributed by atoms with van der Waals surface area (Å²) in [6, 6.07) is 11.9. The van der Waals surface area contributed by atoms with Gasteiger partial charge >= 0.3 is 0 Å². The minimum Gasteiger partial charge on any atom is -0.355 e. The Hall–Kier alpha value is -0.860. The van der Waals surface area contributed by atoms with Crippen LogP contribution in [0.2, 0.25) is 0 Å². The van der Waals surface area contributed by atoms with Gasteiger partial charge in [0.1, 0.15) is 0 Å². The monoisotopic (exact) mass is 513 g/mol. The van der Waals surface area contributed by atoms with Crippen molar-refractivity contribution in [2.75, 3.05) is 39.8 Å². The predicted octanol–water partition coefficient (Wildman–Crippen LogP) is 3.55. The molecule has 2 aliphatic heterocycles. The Bertz CT molecular complexity index is 601. The highest BCUT2D eigenvalue weighted by atomic mass is 127. The molecule has 0 aromatic heterocycles. The molecular weight excluding hydrogens is 473 g/mol. The lowest BCUT2D eigenvalue weighted by molar-refractivity contribution is 0.139. The minimum atomic E-state index is 0. The first-order valence-electron chi connectivity index (χ1n) is 11.1. The van der Waals surface area contributed by atoms with Crippen molar-refractivity contribution in [3.05, 3.63) is 35.9 Å². The molecule has 0 bridgehead atoms. The Kier molecular flexibility index (Phi) is 10.7. The zero-order valence-corrected chi connectivity index (χ0v) is 20.8. The summed E-state index contributed by atoms with van der Waals surface area (Å²) in [6.45, 7) is 11.5. The summed E-state index contributed by atoms with van der Waals surface area (Å²) in [6.07, 6.45) is 5.06. The Morgan fingerprint density at radius 1 is 1.14 bits per heavy atom. The summed E-state index contributed by atoms with van der Waals surface area (Å²) in [7, 11) is 1.88.